The van der Waals surface area contributed by atoms with Gasteiger partial charge in [-0.15, -0.1) is 0 Å². The van der Waals surface area contributed by atoms with Crippen LogP contribution >= 0.6 is 11.8 Å². The molecule has 4 fully saturated rings. The number of nitrogens with zero attached hydrogens (tertiary/aromatic N) is 3. The van der Waals surface area contributed by atoms with Gasteiger partial charge in [-0.1, -0.05) is 19.4 Å². The van der Waals surface area contributed by atoms with Crippen molar-refractivity contribution in [2.24, 2.45) is 22.7 Å². The fraction of sp³-hybridized carbons (Fsp3) is 0.625. The first kappa shape index (κ1) is 30.0. The van der Waals surface area contributed by atoms with Crippen molar-refractivity contribution in [3.8, 4) is 5.69 Å². The van der Waals surface area contributed by atoms with Gasteiger partial charge in [-0.3, -0.25) is 4.79 Å². The number of fused-ring (bicyclic) bond motifs is 6. The van der Waals surface area contributed by atoms with Crippen molar-refractivity contribution in [2.45, 2.75) is 88.7 Å². The molecular weight excluding hydrogens is 595 g/mol. The summed E-state index contributed by atoms with van der Waals surface area (Å²) in [5, 5.41) is 15.8. The van der Waals surface area contributed by atoms with Crippen LogP contribution in [0, 0.1) is 28.6 Å². The predicted molar refractivity (Wildman–Crippen MR) is 155 cm³/mol. The van der Waals surface area contributed by atoms with E-state index in [0.29, 0.717) is 62.6 Å². The Hall–Kier alpha value is -2.70. The van der Waals surface area contributed by atoms with E-state index >= 15 is 4.39 Å². The van der Waals surface area contributed by atoms with Crippen molar-refractivity contribution < 1.29 is 37.3 Å². The van der Waals surface area contributed by atoms with Gasteiger partial charge in [-0.25, -0.2) is 23.2 Å². The van der Waals surface area contributed by atoms with Gasteiger partial charge in [0.2, 0.25) is 11.1 Å². The van der Waals surface area contributed by atoms with Crippen LogP contribution in [-0.2, 0) is 25.5 Å². The minimum absolute atomic E-state index is 0.113. The number of pyridine rings is 1. The molecule has 0 amide bonds. The first-order chi connectivity index (χ1) is 21.0. The van der Waals surface area contributed by atoms with Gasteiger partial charge in [0.25, 0.3) is 0 Å². The highest BCUT2D eigenvalue weighted by atomic mass is 32.2. The number of aliphatic hydroxyl groups is 1. The summed E-state index contributed by atoms with van der Waals surface area (Å²) in [7, 11) is 0. The molecule has 3 heterocycles. The lowest BCUT2D eigenvalue weighted by molar-refractivity contribution is -0.230. The number of thioether (sulfide) groups is 1. The number of halogens is 3. The second-order valence-electron chi connectivity index (χ2n) is 13.5. The fourth-order valence-electron chi connectivity index (χ4n) is 9.45. The number of aromatic nitrogens is 3. The lowest BCUT2D eigenvalue weighted by Gasteiger charge is -2.63. The highest BCUT2D eigenvalue weighted by Crippen LogP contribution is 2.71. The van der Waals surface area contributed by atoms with Crippen LogP contribution in [0.15, 0.2) is 30.1 Å². The molecule has 5 aliphatic rings. The lowest BCUT2D eigenvalue weighted by atomic mass is 9.44. The van der Waals surface area contributed by atoms with E-state index in [1.807, 2.05) is 13.0 Å². The third-order valence-corrected chi connectivity index (χ3v) is 12.3. The normalized spacial score (nSPS) is 39.1. The Kier molecular flexibility index (Phi) is 7.10. The first-order valence-electron chi connectivity index (χ1n) is 15.3. The molecule has 8 nitrogen and oxygen atoms in total. The highest BCUT2D eigenvalue weighted by Gasteiger charge is 2.76. The molecule has 7 rings (SSSR count). The minimum atomic E-state index is -2.04. The van der Waals surface area contributed by atoms with Gasteiger partial charge in [0.05, 0.1) is 29.9 Å². The van der Waals surface area contributed by atoms with Crippen LogP contribution in [0.1, 0.15) is 70.1 Å². The van der Waals surface area contributed by atoms with Crippen LogP contribution < -0.4 is 0 Å². The van der Waals surface area contributed by atoms with Gasteiger partial charge in [0, 0.05) is 23.4 Å². The zero-order chi connectivity index (χ0) is 31.1. The molecule has 44 heavy (non-hydrogen) atoms. The second kappa shape index (κ2) is 10.4. The van der Waals surface area contributed by atoms with Crippen LogP contribution in [0.3, 0.4) is 0 Å². The lowest BCUT2D eigenvalue weighted by Crippen LogP contribution is -2.70. The van der Waals surface area contributed by atoms with Crippen LogP contribution in [0.2, 0.25) is 0 Å². The van der Waals surface area contributed by atoms with Crippen LogP contribution in [0.4, 0.5) is 13.2 Å². The molecule has 0 radical (unpaired) electrons. The van der Waals surface area contributed by atoms with E-state index in [-0.39, 0.29) is 18.8 Å². The maximum Gasteiger partial charge on any atom is 0.336 e. The zero-order valence-electron chi connectivity index (χ0n) is 24.7. The Morgan fingerprint density at radius 2 is 2.02 bits per heavy atom. The summed E-state index contributed by atoms with van der Waals surface area (Å²) >= 11 is 0.464. The predicted octanol–water partition coefficient (Wildman–Crippen LogP) is 5.30. The molecule has 8 atom stereocenters. The monoisotopic (exact) mass is 631 g/mol. The topological polar surface area (TPSA) is 104 Å². The van der Waals surface area contributed by atoms with Crippen LogP contribution in [0.5, 0.6) is 0 Å². The molecule has 0 spiro atoms. The number of carbonyl (C=O) groups is 2. The van der Waals surface area contributed by atoms with E-state index in [1.165, 1.54) is 12.3 Å². The summed E-state index contributed by atoms with van der Waals surface area (Å²) in [6.45, 7) is 4.08. The Balaban J connectivity index is 1.25. The van der Waals surface area contributed by atoms with Gasteiger partial charge in [-0.05, 0) is 92.8 Å². The molecule has 1 N–H and O–H groups in total. The first-order valence-corrected chi connectivity index (χ1v) is 16.3. The SMILES string of the molecule is CC12C[C@H](O)[C@@]3(F)C(CCC4=Cc5c(cnn5-c5ccc(F)nc5)C[C@@]43C)[C@@H]1CC[C@]2(OC(=O)C1CCCO1)C(=O)SCF. The van der Waals surface area contributed by atoms with Crippen molar-refractivity contribution in [2.75, 3.05) is 12.6 Å². The molecule has 3 saturated carbocycles. The molecule has 0 aromatic carbocycles. The quantitative estimate of drug-likeness (QED) is 0.351. The summed E-state index contributed by atoms with van der Waals surface area (Å²) in [6.07, 6.45) is 5.65. The number of esters is 1. The van der Waals surface area contributed by atoms with Crippen molar-refractivity contribution in [3.63, 3.8) is 0 Å². The fourth-order valence-corrected chi connectivity index (χ4v) is 10.2. The number of carbonyl (C=O) groups excluding carboxylic acids is 2. The van der Waals surface area contributed by atoms with Crippen molar-refractivity contribution in [1.82, 2.24) is 14.8 Å². The molecule has 12 heteroatoms. The number of hydrogen-bond acceptors (Lipinski definition) is 8. The largest absolute Gasteiger partial charge is 0.448 e. The minimum Gasteiger partial charge on any atom is -0.448 e. The van der Waals surface area contributed by atoms with Gasteiger partial charge in [0.15, 0.2) is 11.7 Å². The third kappa shape index (κ3) is 3.98. The molecule has 1 saturated heterocycles. The molecule has 236 valence electrons. The van der Waals surface area contributed by atoms with Gasteiger partial charge in [-0.2, -0.15) is 9.49 Å². The van der Waals surface area contributed by atoms with E-state index in [9.17, 15) is 23.5 Å². The van der Waals surface area contributed by atoms with Crippen molar-refractivity contribution in [3.05, 3.63) is 47.3 Å². The third-order valence-electron chi connectivity index (χ3n) is 11.6. The Labute approximate surface area is 257 Å². The molecule has 2 aromatic heterocycles. The van der Waals surface area contributed by atoms with E-state index in [2.05, 4.69) is 10.1 Å². The maximum absolute atomic E-state index is 18.1. The standard InChI is InChI=1S/C32H36F3N3O5S/c1-29-13-18-15-37-38(20-6-8-26(34)36-16-20)23(18)12-19(29)5-7-22-21-9-10-31(28(41)44-17-33,43-27(40)24-4-3-11-42-24)30(21,2)14-25(39)32(22,29)35/h6,8,12,15-16,21-22,24-25,39H,3-5,7,9-11,13-14,17H2,1-2H3/t21-,22?,24?,25-,29-,30?,31-,32-/m0/s1. The van der Waals surface area contributed by atoms with Gasteiger partial charge >= 0.3 is 5.97 Å². The molecule has 4 aliphatic carbocycles. The Morgan fingerprint density at radius 3 is 2.73 bits per heavy atom. The van der Waals surface area contributed by atoms with Crippen LogP contribution in [-0.4, -0.2) is 67.0 Å². The smallest absolute Gasteiger partial charge is 0.336 e. The maximum atomic E-state index is 18.1. The molecule has 0 bridgehead atoms. The highest BCUT2D eigenvalue weighted by molar-refractivity contribution is 8.13. The van der Waals surface area contributed by atoms with Crippen LogP contribution in [0.25, 0.3) is 11.8 Å². The molecular formula is C32H36F3N3O5S. The van der Waals surface area contributed by atoms with Crippen molar-refractivity contribution >= 4 is 28.9 Å². The number of aliphatic hydroxyl groups excluding tert-OH is 1. The molecule has 3 unspecified atom stereocenters. The molecule has 1 aliphatic heterocycles. The number of allylic oxidation sites excluding steroid dienone is 1. The average molecular weight is 632 g/mol. The van der Waals surface area contributed by atoms with Crippen molar-refractivity contribution in [1.29, 1.82) is 0 Å². The van der Waals surface area contributed by atoms with E-state index < -0.39 is 63.3 Å². The number of ether oxygens (including phenoxy) is 2. The van der Waals surface area contributed by atoms with Gasteiger partial charge < -0.3 is 14.6 Å². The summed E-state index contributed by atoms with van der Waals surface area (Å²) in [4.78, 5) is 30.7. The summed E-state index contributed by atoms with van der Waals surface area (Å²) < 4.78 is 58.4. The summed E-state index contributed by atoms with van der Waals surface area (Å²) in [5.41, 5.74) is -2.86. The summed E-state index contributed by atoms with van der Waals surface area (Å²) in [6, 6.07) is 1.87. The summed E-state index contributed by atoms with van der Waals surface area (Å²) in [5.74, 6) is -2.26. The Morgan fingerprint density at radius 1 is 1.20 bits per heavy atom. The zero-order valence-corrected chi connectivity index (χ0v) is 25.5. The van der Waals surface area contributed by atoms with E-state index in [0.717, 1.165) is 16.8 Å². The molecule has 2 aromatic rings. The average Bonchev–Trinajstić information content (AvgIpc) is 3.73. The number of alkyl halides is 2. The van der Waals surface area contributed by atoms with E-state index in [1.54, 1.807) is 23.9 Å². The second-order valence-corrected chi connectivity index (χ2v) is 14.3. The van der Waals surface area contributed by atoms with E-state index in [4.69, 9.17) is 9.47 Å². The Bertz CT molecular complexity index is 1530. The number of rotatable bonds is 5. The van der Waals surface area contributed by atoms with Gasteiger partial charge in [0.1, 0.15) is 11.7 Å². The number of hydrogen-bond donors (Lipinski definition) is 1.